The Hall–Kier alpha value is -3.39. The van der Waals surface area contributed by atoms with E-state index in [1.54, 1.807) is 19.2 Å². The van der Waals surface area contributed by atoms with Gasteiger partial charge in [-0.15, -0.1) is 0 Å². The highest BCUT2D eigenvalue weighted by molar-refractivity contribution is 5.96. The van der Waals surface area contributed by atoms with Crippen LogP contribution >= 0.6 is 0 Å². The second kappa shape index (κ2) is 11.3. The first kappa shape index (κ1) is 23.3. The molecule has 4 N–H and O–H groups in total. The van der Waals surface area contributed by atoms with E-state index >= 15 is 0 Å². The average Bonchev–Trinajstić information content (AvgIpc) is 2.95. The molecule has 3 amide bonds. The lowest BCUT2D eigenvalue weighted by Gasteiger charge is -2.24. The number of methoxy groups -OCH3 is 1. The Labute approximate surface area is 188 Å². The summed E-state index contributed by atoms with van der Waals surface area (Å²) < 4.78 is 5.19. The smallest absolute Gasteiger partial charge is 0.245 e. The third kappa shape index (κ3) is 6.55. The van der Waals surface area contributed by atoms with E-state index in [0.717, 1.165) is 24.0 Å². The number of hydrogen-bond acceptors (Lipinski definition) is 5. The van der Waals surface area contributed by atoms with Gasteiger partial charge < -0.3 is 26.0 Å². The van der Waals surface area contributed by atoms with Gasteiger partial charge in [-0.3, -0.25) is 14.4 Å². The number of hydrogen-bond donors (Lipinski definition) is 3. The number of carbonyl (C=O) groups is 3. The summed E-state index contributed by atoms with van der Waals surface area (Å²) in [6, 6.07) is 13.9. The highest BCUT2D eigenvalue weighted by atomic mass is 16.5. The van der Waals surface area contributed by atoms with Crippen LogP contribution in [0.25, 0.3) is 0 Å². The zero-order valence-corrected chi connectivity index (χ0v) is 18.3. The summed E-state index contributed by atoms with van der Waals surface area (Å²) in [6.07, 6.45) is 2.29. The number of carbonyl (C=O) groups excluding carboxylic acids is 3. The van der Waals surface area contributed by atoms with E-state index in [-0.39, 0.29) is 30.7 Å². The number of nitrogens with zero attached hydrogens (tertiary/aromatic N) is 1. The van der Waals surface area contributed by atoms with Crippen molar-refractivity contribution in [3.8, 4) is 5.75 Å². The molecule has 8 heteroatoms. The van der Waals surface area contributed by atoms with Gasteiger partial charge in [-0.05, 0) is 54.7 Å². The summed E-state index contributed by atoms with van der Waals surface area (Å²) in [5, 5.41) is 5.66. The second-order valence-corrected chi connectivity index (χ2v) is 7.86. The Morgan fingerprint density at radius 2 is 1.88 bits per heavy atom. The van der Waals surface area contributed by atoms with Gasteiger partial charge in [0.05, 0.1) is 20.1 Å². The lowest BCUT2D eigenvalue weighted by Crippen LogP contribution is -2.49. The first-order valence-corrected chi connectivity index (χ1v) is 10.8. The SMILES string of the molecule is COc1cccc(CC(=O)NC2CCCCN(CC(=O)Nc3cccc(CN)c3)C2=O)c1. The maximum Gasteiger partial charge on any atom is 0.245 e. The van der Waals surface area contributed by atoms with E-state index in [9.17, 15) is 14.4 Å². The van der Waals surface area contributed by atoms with Crippen LogP contribution in [0.5, 0.6) is 5.75 Å². The third-order valence-electron chi connectivity index (χ3n) is 5.40. The summed E-state index contributed by atoms with van der Waals surface area (Å²) >= 11 is 0. The maximum absolute atomic E-state index is 13.0. The Morgan fingerprint density at radius 3 is 2.66 bits per heavy atom. The first-order valence-electron chi connectivity index (χ1n) is 10.8. The maximum atomic E-state index is 13.0. The minimum Gasteiger partial charge on any atom is -0.497 e. The summed E-state index contributed by atoms with van der Waals surface area (Å²) in [7, 11) is 1.57. The van der Waals surface area contributed by atoms with E-state index in [2.05, 4.69) is 10.6 Å². The van der Waals surface area contributed by atoms with E-state index in [1.807, 2.05) is 36.4 Å². The van der Waals surface area contributed by atoms with Crippen LogP contribution in [0, 0.1) is 0 Å². The molecule has 2 aromatic carbocycles. The molecule has 0 radical (unpaired) electrons. The molecule has 2 aromatic rings. The van der Waals surface area contributed by atoms with Crippen LogP contribution < -0.4 is 21.1 Å². The highest BCUT2D eigenvalue weighted by Gasteiger charge is 2.29. The predicted molar refractivity (Wildman–Crippen MR) is 122 cm³/mol. The monoisotopic (exact) mass is 438 g/mol. The number of amides is 3. The third-order valence-corrected chi connectivity index (χ3v) is 5.40. The molecule has 0 aliphatic carbocycles. The molecule has 1 aliphatic heterocycles. The Morgan fingerprint density at radius 1 is 1.09 bits per heavy atom. The van der Waals surface area contributed by atoms with Gasteiger partial charge in [0.2, 0.25) is 17.7 Å². The molecule has 1 unspecified atom stereocenters. The van der Waals surface area contributed by atoms with Gasteiger partial charge in [-0.1, -0.05) is 24.3 Å². The average molecular weight is 439 g/mol. The van der Waals surface area contributed by atoms with Crippen LogP contribution in [0.4, 0.5) is 5.69 Å². The topological polar surface area (TPSA) is 114 Å². The summed E-state index contributed by atoms with van der Waals surface area (Å²) in [5.74, 6) is -0.0697. The van der Waals surface area contributed by atoms with Gasteiger partial charge in [-0.2, -0.15) is 0 Å². The van der Waals surface area contributed by atoms with Crippen molar-refractivity contribution in [3.63, 3.8) is 0 Å². The number of nitrogens with one attached hydrogen (secondary N) is 2. The summed E-state index contributed by atoms with van der Waals surface area (Å²) in [6.45, 7) is 0.802. The standard InChI is InChI=1S/C24H30N4O4/c1-32-20-9-5-6-17(13-20)14-22(29)27-21-10-2-3-11-28(24(21)31)16-23(30)26-19-8-4-7-18(12-19)15-25/h4-9,12-13,21H,2-3,10-11,14-16,25H2,1H3,(H,26,30)(H,27,29). The minimum absolute atomic E-state index is 0.0616. The molecule has 1 heterocycles. The van der Waals surface area contributed by atoms with Crippen LogP contribution in [0.2, 0.25) is 0 Å². The quantitative estimate of drug-likeness (QED) is 0.582. The zero-order chi connectivity index (χ0) is 22.9. The molecule has 0 spiro atoms. The summed E-state index contributed by atoms with van der Waals surface area (Å²) in [5.41, 5.74) is 8.00. The predicted octanol–water partition coefficient (Wildman–Crippen LogP) is 1.83. The van der Waals surface area contributed by atoms with Crippen molar-refractivity contribution in [3.05, 3.63) is 59.7 Å². The molecule has 0 bridgehead atoms. The lowest BCUT2D eigenvalue weighted by atomic mass is 10.1. The molecule has 8 nitrogen and oxygen atoms in total. The fraction of sp³-hybridized carbons (Fsp3) is 0.375. The largest absolute Gasteiger partial charge is 0.497 e. The van der Waals surface area contributed by atoms with E-state index in [1.165, 1.54) is 4.90 Å². The minimum atomic E-state index is -0.635. The molecule has 0 saturated carbocycles. The highest BCUT2D eigenvalue weighted by Crippen LogP contribution is 2.16. The molecule has 1 saturated heterocycles. The lowest BCUT2D eigenvalue weighted by molar-refractivity contribution is -0.138. The molecule has 0 aromatic heterocycles. The molecule has 170 valence electrons. The second-order valence-electron chi connectivity index (χ2n) is 7.86. The van der Waals surface area contributed by atoms with Crippen LogP contribution in [0.3, 0.4) is 0 Å². The molecule has 1 atom stereocenters. The Balaban J connectivity index is 1.58. The van der Waals surface area contributed by atoms with Crippen LogP contribution in [-0.2, 0) is 27.3 Å². The van der Waals surface area contributed by atoms with E-state index in [0.29, 0.717) is 30.9 Å². The normalized spacial score (nSPS) is 16.2. The number of ether oxygens (including phenoxy) is 1. The number of rotatable bonds is 8. The fourth-order valence-corrected chi connectivity index (χ4v) is 3.76. The molecule has 1 aliphatic rings. The molecular weight excluding hydrogens is 408 g/mol. The van der Waals surface area contributed by atoms with Gasteiger partial charge in [-0.25, -0.2) is 0 Å². The number of benzene rings is 2. The van der Waals surface area contributed by atoms with Crippen LogP contribution in [0.1, 0.15) is 30.4 Å². The number of anilines is 1. The van der Waals surface area contributed by atoms with Crippen molar-refractivity contribution < 1.29 is 19.1 Å². The van der Waals surface area contributed by atoms with Gasteiger partial charge in [0.25, 0.3) is 0 Å². The van der Waals surface area contributed by atoms with Crippen molar-refractivity contribution in [2.24, 2.45) is 5.73 Å². The Bertz CT molecular complexity index is 887. The van der Waals surface area contributed by atoms with Crippen molar-refractivity contribution in [2.45, 2.75) is 38.3 Å². The van der Waals surface area contributed by atoms with Crippen LogP contribution in [-0.4, -0.2) is 48.9 Å². The fourth-order valence-electron chi connectivity index (χ4n) is 3.76. The van der Waals surface area contributed by atoms with Gasteiger partial charge in [0, 0.05) is 18.8 Å². The van der Waals surface area contributed by atoms with Crippen molar-refractivity contribution in [1.82, 2.24) is 10.2 Å². The summed E-state index contributed by atoms with van der Waals surface area (Å²) in [4.78, 5) is 39.6. The van der Waals surface area contributed by atoms with Gasteiger partial charge in [0.1, 0.15) is 11.8 Å². The van der Waals surface area contributed by atoms with Crippen molar-refractivity contribution >= 4 is 23.4 Å². The van der Waals surface area contributed by atoms with Crippen molar-refractivity contribution in [2.75, 3.05) is 25.5 Å². The molecule has 3 rings (SSSR count). The van der Waals surface area contributed by atoms with Crippen molar-refractivity contribution in [1.29, 1.82) is 0 Å². The Kier molecular flexibility index (Phi) is 8.21. The van der Waals surface area contributed by atoms with E-state index in [4.69, 9.17) is 10.5 Å². The number of nitrogens with two attached hydrogens (primary N) is 1. The van der Waals surface area contributed by atoms with Crippen LogP contribution in [0.15, 0.2) is 48.5 Å². The van der Waals surface area contributed by atoms with Gasteiger partial charge >= 0.3 is 0 Å². The molecule has 32 heavy (non-hydrogen) atoms. The van der Waals surface area contributed by atoms with E-state index < -0.39 is 6.04 Å². The first-order chi connectivity index (χ1) is 15.5. The molecular formula is C24H30N4O4. The number of likely N-dealkylation sites (tertiary alicyclic amines) is 1. The zero-order valence-electron chi connectivity index (χ0n) is 18.3. The molecule has 1 fully saturated rings. The van der Waals surface area contributed by atoms with Gasteiger partial charge in [0.15, 0.2) is 0 Å².